The van der Waals surface area contributed by atoms with Crippen LogP contribution in [-0.4, -0.2) is 62.0 Å². The molecule has 1 aliphatic heterocycles. The summed E-state index contributed by atoms with van der Waals surface area (Å²) in [4.78, 5) is 16.2. The second kappa shape index (κ2) is 8.15. The number of hydrogen-bond donors (Lipinski definition) is 1. The fraction of sp³-hybridized carbons (Fsp3) is 0.588. The van der Waals surface area contributed by atoms with Gasteiger partial charge in [-0.25, -0.2) is 0 Å². The van der Waals surface area contributed by atoms with Gasteiger partial charge in [0.05, 0.1) is 0 Å². The lowest BCUT2D eigenvalue weighted by Crippen LogP contribution is -2.57. The first kappa shape index (κ1) is 16.0. The highest BCUT2D eigenvalue weighted by atomic mass is 16.2. The summed E-state index contributed by atoms with van der Waals surface area (Å²) in [6.07, 6.45) is 3.45. The van der Waals surface area contributed by atoms with E-state index in [1.165, 1.54) is 12.0 Å². The highest BCUT2D eigenvalue weighted by molar-refractivity contribution is 5.81. The fourth-order valence-corrected chi connectivity index (χ4v) is 2.84. The third kappa shape index (κ3) is 4.83. The predicted molar refractivity (Wildman–Crippen MR) is 86.3 cm³/mol. The third-order valence-electron chi connectivity index (χ3n) is 4.08. The van der Waals surface area contributed by atoms with Crippen LogP contribution in [0.3, 0.4) is 0 Å². The molecule has 0 spiro atoms. The molecule has 1 fully saturated rings. The highest BCUT2D eigenvalue weighted by Crippen LogP contribution is 2.10. The molecule has 0 radical (unpaired) electrons. The summed E-state index contributed by atoms with van der Waals surface area (Å²) in [6, 6.07) is 10.6. The average molecular weight is 289 g/mol. The second-order valence-corrected chi connectivity index (χ2v) is 5.93. The molecular formula is C17H27N3O. The first-order valence-electron chi connectivity index (χ1n) is 7.88. The van der Waals surface area contributed by atoms with E-state index in [0.717, 1.165) is 39.0 Å². The monoisotopic (exact) mass is 289 g/mol. The lowest BCUT2D eigenvalue weighted by molar-refractivity contribution is -0.135. The van der Waals surface area contributed by atoms with E-state index in [2.05, 4.69) is 40.5 Å². The maximum Gasteiger partial charge on any atom is 0.240 e. The lowest BCUT2D eigenvalue weighted by atomic mass is 10.1. The summed E-state index contributed by atoms with van der Waals surface area (Å²) in [6.45, 7) is 3.74. The Morgan fingerprint density at radius 2 is 2.05 bits per heavy atom. The minimum Gasteiger partial charge on any atom is -0.347 e. The Balaban J connectivity index is 1.76. The number of aryl methyl sites for hydroxylation is 1. The van der Waals surface area contributed by atoms with Crippen LogP contribution in [-0.2, 0) is 11.2 Å². The van der Waals surface area contributed by atoms with Crippen molar-refractivity contribution in [2.45, 2.75) is 25.3 Å². The molecule has 1 aromatic rings. The molecule has 1 atom stereocenters. The van der Waals surface area contributed by atoms with Crippen LogP contribution in [0.1, 0.15) is 18.4 Å². The number of piperazine rings is 1. The molecule has 1 N–H and O–H groups in total. The summed E-state index contributed by atoms with van der Waals surface area (Å²) >= 11 is 0. The molecule has 1 aromatic carbocycles. The third-order valence-corrected chi connectivity index (χ3v) is 4.08. The summed E-state index contributed by atoms with van der Waals surface area (Å²) < 4.78 is 0. The van der Waals surface area contributed by atoms with Gasteiger partial charge in [0.25, 0.3) is 0 Å². The molecule has 1 saturated heterocycles. The van der Waals surface area contributed by atoms with E-state index < -0.39 is 0 Å². The largest absolute Gasteiger partial charge is 0.347 e. The average Bonchev–Trinajstić information content (AvgIpc) is 2.52. The number of nitrogens with zero attached hydrogens (tertiary/aromatic N) is 2. The van der Waals surface area contributed by atoms with E-state index in [0.29, 0.717) is 0 Å². The van der Waals surface area contributed by atoms with Gasteiger partial charge >= 0.3 is 0 Å². The minimum atomic E-state index is 0.00507. The molecule has 0 aromatic heterocycles. The molecule has 116 valence electrons. The summed E-state index contributed by atoms with van der Waals surface area (Å²) in [5.41, 5.74) is 1.40. The van der Waals surface area contributed by atoms with Crippen LogP contribution >= 0.6 is 0 Å². The van der Waals surface area contributed by atoms with Gasteiger partial charge in [-0.3, -0.25) is 9.69 Å². The van der Waals surface area contributed by atoms with Crippen molar-refractivity contribution in [3.63, 3.8) is 0 Å². The van der Waals surface area contributed by atoms with Gasteiger partial charge in [-0.15, -0.1) is 0 Å². The number of hydrogen-bond acceptors (Lipinski definition) is 3. The smallest absolute Gasteiger partial charge is 0.240 e. The first-order chi connectivity index (χ1) is 10.2. The van der Waals surface area contributed by atoms with Crippen molar-refractivity contribution >= 4 is 5.91 Å². The van der Waals surface area contributed by atoms with Gasteiger partial charge in [-0.05, 0) is 31.4 Å². The van der Waals surface area contributed by atoms with Crippen molar-refractivity contribution in [2.75, 3.05) is 40.3 Å². The second-order valence-electron chi connectivity index (χ2n) is 5.93. The number of carbonyl (C=O) groups excluding carboxylic acids is 1. The van der Waals surface area contributed by atoms with Crippen LogP contribution in [0.15, 0.2) is 30.3 Å². The van der Waals surface area contributed by atoms with Gasteiger partial charge in [0.1, 0.15) is 6.04 Å². The van der Waals surface area contributed by atoms with E-state index in [4.69, 9.17) is 0 Å². The Morgan fingerprint density at radius 1 is 1.29 bits per heavy atom. The van der Waals surface area contributed by atoms with Crippen LogP contribution in [0.2, 0.25) is 0 Å². The molecule has 2 rings (SSSR count). The Bertz CT molecular complexity index is 433. The number of nitrogens with one attached hydrogen (secondary N) is 1. The molecule has 0 saturated carbocycles. The van der Waals surface area contributed by atoms with Crippen LogP contribution in [0.5, 0.6) is 0 Å². The quantitative estimate of drug-likeness (QED) is 0.804. The molecule has 4 nitrogen and oxygen atoms in total. The van der Waals surface area contributed by atoms with Gasteiger partial charge in [0.15, 0.2) is 0 Å². The Hall–Kier alpha value is -1.39. The van der Waals surface area contributed by atoms with Crippen molar-refractivity contribution < 1.29 is 4.79 Å². The standard InChI is InChI=1S/C17H27N3O/c1-19(2)17(21)16-14-18-11-13-20(16)12-7-6-10-15-8-4-3-5-9-15/h3-5,8-9,16,18H,6-7,10-14H2,1-2H3. The Kier molecular flexibility index (Phi) is 6.21. The zero-order valence-corrected chi connectivity index (χ0v) is 13.2. The van der Waals surface area contributed by atoms with E-state index in [-0.39, 0.29) is 11.9 Å². The summed E-state index contributed by atoms with van der Waals surface area (Å²) in [7, 11) is 3.68. The van der Waals surface area contributed by atoms with Crippen molar-refractivity contribution in [3.05, 3.63) is 35.9 Å². The molecule has 1 aliphatic rings. The van der Waals surface area contributed by atoms with Gasteiger partial charge in [-0.2, -0.15) is 0 Å². The number of unbranched alkanes of at least 4 members (excludes halogenated alkanes) is 1. The molecule has 0 aliphatic carbocycles. The number of amides is 1. The molecule has 4 heteroatoms. The number of benzene rings is 1. The lowest BCUT2D eigenvalue weighted by Gasteiger charge is -2.36. The van der Waals surface area contributed by atoms with Crippen LogP contribution < -0.4 is 5.32 Å². The number of rotatable bonds is 6. The molecule has 1 amide bonds. The van der Waals surface area contributed by atoms with Gasteiger partial charge < -0.3 is 10.2 Å². The Morgan fingerprint density at radius 3 is 2.76 bits per heavy atom. The van der Waals surface area contributed by atoms with E-state index >= 15 is 0 Å². The van der Waals surface area contributed by atoms with Crippen LogP contribution in [0.4, 0.5) is 0 Å². The molecule has 21 heavy (non-hydrogen) atoms. The normalized spacial score (nSPS) is 19.4. The topological polar surface area (TPSA) is 35.6 Å². The maximum atomic E-state index is 12.2. The van der Waals surface area contributed by atoms with E-state index in [1.807, 2.05) is 14.1 Å². The summed E-state index contributed by atoms with van der Waals surface area (Å²) in [5, 5.41) is 3.33. The van der Waals surface area contributed by atoms with Crippen molar-refractivity contribution in [1.82, 2.24) is 15.1 Å². The van der Waals surface area contributed by atoms with Crippen LogP contribution in [0, 0.1) is 0 Å². The zero-order chi connectivity index (χ0) is 15.1. The SMILES string of the molecule is CN(C)C(=O)C1CNCCN1CCCCc1ccccc1. The molecular weight excluding hydrogens is 262 g/mol. The zero-order valence-electron chi connectivity index (χ0n) is 13.2. The van der Waals surface area contributed by atoms with Gasteiger partial charge in [0, 0.05) is 33.7 Å². The Labute approximate surface area is 128 Å². The predicted octanol–water partition coefficient (Wildman–Crippen LogP) is 1.37. The van der Waals surface area contributed by atoms with E-state index in [1.54, 1.807) is 4.90 Å². The summed E-state index contributed by atoms with van der Waals surface area (Å²) in [5.74, 6) is 0.213. The van der Waals surface area contributed by atoms with Crippen LogP contribution in [0.25, 0.3) is 0 Å². The van der Waals surface area contributed by atoms with Crippen molar-refractivity contribution in [3.8, 4) is 0 Å². The molecule has 0 bridgehead atoms. The van der Waals surface area contributed by atoms with Crippen molar-refractivity contribution in [2.24, 2.45) is 0 Å². The van der Waals surface area contributed by atoms with Gasteiger partial charge in [-0.1, -0.05) is 30.3 Å². The van der Waals surface area contributed by atoms with Crippen molar-refractivity contribution in [1.29, 1.82) is 0 Å². The molecule has 1 heterocycles. The molecule has 1 unspecified atom stereocenters. The van der Waals surface area contributed by atoms with Gasteiger partial charge in [0.2, 0.25) is 5.91 Å². The maximum absolute atomic E-state index is 12.2. The minimum absolute atomic E-state index is 0.00507. The first-order valence-corrected chi connectivity index (χ1v) is 7.88. The highest BCUT2D eigenvalue weighted by Gasteiger charge is 2.28. The van der Waals surface area contributed by atoms with E-state index in [9.17, 15) is 4.79 Å². The number of carbonyl (C=O) groups is 1. The number of likely N-dealkylation sites (N-methyl/N-ethyl adjacent to an activating group) is 1. The fourth-order valence-electron chi connectivity index (χ4n) is 2.84.